The molecule has 0 fully saturated rings. The highest BCUT2D eigenvalue weighted by molar-refractivity contribution is 5.91. The van der Waals surface area contributed by atoms with E-state index in [9.17, 15) is 4.79 Å². The zero-order valence-electron chi connectivity index (χ0n) is 13.1. The van der Waals surface area contributed by atoms with Crippen LogP contribution >= 0.6 is 0 Å². The van der Waals surface area contributed by atoms with Gasteiger partial charge in [0.25, 0.3) is 0 Å². The summed E-state index contributed by atoms with van der Waals surface area (Å²) >= 11 is 0. The van der Waals surface area contributed by atoms with Gasteiger partial charge in [-0.2, -0.15) is 4.98 Å². The first-order valence-electron chi connectivity index (χ1n) is 7.70. The maximum Gasteiger partial charge on any atom is 0.244 e. The maximum absolute atomic E-state index is 11.8. The lowest BCUT2D eigenvalue weighted by Crippen LogP contribution is -2.23. The third kappa shape index (κ3) is 4.39. The highest BCUT2D eigenvalue weighted by Crippen LogP contribution is 2.14. The lowest BCUT2D eigenvalue weighted by molar-refractivity contribution is -0.116. The number of hydrogen-bond donors (Lipinski definition) is 1. The Bertz CT molecular complexity index is 811. The first-order valence-corrected chi connectivity index (χ1v) is 7.70. The molecule has 0 unspecified atom stereocenters. The van der Waals surface area contributed by atoms with Gasteiger partial charge in [0.05, 0.1) is 0 Å². The van der Waals surface area contributed by atoms with Gasteiger partial charge in [-0.05, 0) is 11.6 Å². The van der Waals surface area contributed by atoms with Gasteiger partial charge >= 0.3 is 0 Å². The molecule has 0 saturated heterocycles. The SMILES string of the molecule is O=C(C=Cc1ccccc1)NCCc1nc(-c2ccccc2)no1. The van der Waals surface area contributed by atoms with Crippen molar-refractivity contribution in [1.29, 1.82) is 0 Å². The second kappa shape index (κ2) is 7.87. The number of benzene rings is 2. The second-order valence-electron chi connectivity index (χ2n) is 5.16. The number of carbonyl (C=O) groups is 1. The van der Waals surface area contributed by atoms with Crippen molar-refractivity contribution in [3.05, 3.63) is 78.2 Å². The van der Waals surface area contributed by atoms with Gasteiger partial charge in [0, 0.05) is 24.6 Å². The van der Waals surface area contributed by atoms with Crippen molar-refractivity contribution in [3.8, 4) is 11.4 Å². The minimum absolute atomic E-state index is 0.151. The highest BCUT2D eigenvalue weighted by Gasteiger charge is 2.08. The Morgan fingerprint density at radius 2 is 1.75 bits per heavy atom. The maximum atomic E-state index is 11.8. The summed E-state index contributed by atoms with van der Waals surface area (Å²) in [5, 5.41) is 6.74. The third-order valence-electron chi connectivity index (χ3n) is 3.36. The third-order valence-corrected chi connectivity index (χ3v) is 3.36. The van der Waals surface area contributed by atoms with E-state index < -0.39 is 0 Å². The summed E-state index contributed by atoms with van der Waals surface area (Å²) in [6.45, 7) is 0.439. The zero-order valence-corrected chi connectivity index (χ0v) is 13.1. The van der Waals surface area contributed by atoms with Crippen LogP contribution in [0.15, 0.2) is 71.3 Å². The Labute approximate surface area is 140 Å². The van der Waals surface area contributed by atoms with Crippen molar-refractivity contribution in [1.82, 2.24) is 15.5 Å². The normalized spacial score (nSPS) is 10.8. The minimum atomic E-state index is -0.151. The quantitative estimate of drug-likeness (QED) is 0.709. The van der Waals surface area contributed by atoms with E-state index in [0.29, 0.717) is 24.7 Å². The summed E-state index contributed by atoms with van der Waals surface area (Å²) < 4.78 is 5.20. The Hall–Kier alpha value is -3.21. The molecule has 0 saturated carbocycles. The first kappa shape index (κ1) is 15.7. The summed E-state index contributed by atoms with van der Waals surface area (Å²) in [5.74, 6) is 0.906. The van der Waals surface area contributed by atoms with Gasteiger partial charge in [-0.3, -0.25) is 4.79 Å². The molecule has 0 spiro atoms. The molecule has 0 aliphatic heterocycles. The topological polar surface area (TPSA) is 68.0 Å². The summed E-state index contributed by atoms with van der Waals surface area (Å²) in [5.41, 5.74) is 1.89. The molecule has 120 valence electrons. The molecular weight excluding hydrogens is 302 g/mol. The van der Waals surface area contributed by atoms with Gasteiger partial charge in [0.15, 0.2) is 0 Å². The summed E-state index contributed by atoms with van der Waals surface area (Å²) in [6.07, 6.45) is 3.78. The van der Waals surface area contributed by atoms with E-state index >= 15 is 0 Å². The number of nitrogens with one attached hydrogen (secondary N) is 1. The van der Waals surface area contributed by atoms with E-state index in [1.54, 1.807) is 6.08 Å². The summed E-state index contributed by atoms with van der Waals surface area (Å²) in [6, 6.07) is 19.3. The Kier molecular flexibility index (Phi) is 5.14. The summed E-state index contributed by atoms with van der Waals surface area (Å²) in [7, 11) is 0. The zero-order chi connectivity index (χ0) is 16.6. The van der Waals surface area contributed by atoms with E-state index in [4.69, 9.17) is 4.52 Å². The average Bonchev–Trinajstić information content (AvgIpc) is 3.11. The largest absolute Gasteiger partial charge is 0.352 e. The monoisotopic (exact) mass is 319 g/mol. The second-order valence-corrected chi connectivity index (χ2v) is 5.16. The van der Waals surface area contributed by atoms with Crippen molar-refractivity contribution in [3.63, 3.8) is 0 Å². The lowest BCUT2D eigenvalue weighted by atomic mass is 10.2. The first-order chi connectivity index (χ1) is 11.8. The number of carbonyl (C=O) groups excluding carboxylic acids is 1. The number of nitrogens with zero attached hydrogens (tertiary/aromatic N) is 2. The molecular formula is C19H17N3O2. The van der Waals surface area contributed by atoms with E-state index in [2.05, 4.69) is 15.5 Å². The van der Waals surface area contributed by atoms with Crippen LogP contribution in [0.2, 0.25) is 0 Å². The predicted molar refractivity (Wildman–Crippen MR) is 91.9 cm³/mol. The fourth-order valence-corrected chi connectivity index (χ4v) is 2.15. The van der Waals surface area contributed by atoms with Gasteiger partial charge in [-0.25, -0.2) is 0 Å². The summed E-state index contributed by atoms with van der Waals surface area (Å²) in [4.78, 5) is 16.1. The molecule has 0 aliphatic rings. The molecule has 1 aromatic heterocycles. The van der Waals surface area contributed by atoms with E-state index in [1.165, 1.54) is 6.08 Å². The van der Waals surface area contributed by atoms with Crippen LogP contribution in [0.25, 0.3) is 17.5 Å². The molecule has 1 N–H and O–H groups in total. The minimum Gasteiger partial charge on any atom is -0.352 e. The van der Waals surface area contributed by atoms with Gasteiger partial charge in [0.2, 0.25) is 17.6 Å². The number of hydrogen-bond acceptors (Lipinski definition) is 4. The molecule has 5 heteroatoms. The fourth-order valence-electron chi connectivity index (χ4n) is 2.15. The van der Waals surface area contributed by atoms with Crippen molar-refractivity contribution >= 4 is 12.0 Å². The van der Waals surface area contributed by atoms with Crippen molar-refractivity contribution in [2.45, 2.75) is 6.42 Å². The standard InChI is InChI=1S/C19H17N3O2/c23-17(12-11-15-7-3-1-4-8-15)20-14-13-18-21-19(22-24-18)16-9-5-2-6-10-16/h1-12H,13-14H2,(H,20,23). The van der Waals surface area contributed by atoms with Crippen LogP contribution in [0, 0.1) is 0 Å². The molecule has 1 heterocycles. The van der Waals surface area contributed by atoms with Crippen LogP contribution < -0.4 is 5.32 Å². The molecule has 0 aliphatic carbocycles. The molecule has 2 aromatic carbocycles. The number of amides is 1. The van der Waals surface area contributed by atoms with Gasteiger partial charge in [0.1, 0.15) is 0 Å². The van der Waals surface area contributed by atoms with Gasteiger partial charge in [-0.1, -0.05) is 65.8 Å². The van der Waals surface area contributed by atoms with Crippen LogP contribution in [0.4, 0.5) is 0 Å². The number of aromatic nitrogens is 2. The van der Waals surface area contributed by atoms with E-state index in [0.717, 1.165) is 11.1 Å². The smallest absolute Gasteiger partial charge is 0.244 e. The number of rotatable bonds is 6. The van der Waals surface area contributed by atoms with Gasteiger partial charge in [-0.15, -0.1) is 0 Å². The Morgan fingerprint density at radius 3 is 2.50 bits per heavy atom. The van der Waals surface area contributed by atoms with Crippen LogP contribution in [0.5, 0.6) is 0 Å². The lowest BCUT2D eigenvalue weighted by Gasteiger charge is -1.98. The highest BCUT2D eigenvalue weighted by atomic mass is 16.5. The Morgan fingerprint density at radius 1 is 1.04 bits per heavy atom. The fraction of sp³-hybridized carbons (Fsp3) is 0.105. The molecule has 0 radical (unpaired) electrons. The molecule has 0 atom stereocenters. The predicted octanol–water partition coefficient (Wildman–Crippen LogP) is 3.11. The molecule has 3 aromatic rings. The molecule has 0 bridgehead atoms. The van der Waals surface area contributed by atoms with Crippen LogP contribution in [-0.2, 0) is 11.2 Å². The van der Waals surface area contributed by atoms with E-state index in [-0.39, 0.29) is 5.91 Å². The van der Waals surface area contributed by atoms with Crippen molar-refractivity contribution in [2.24, 2.45) is 0 Å². The van der Waals surface area contributed by atoms with Crippen LogP contribution in [-0.4, -0.2) is 22.6 Å². The van der Waals surface area contributed by atoms with E-state index in [1.807, 2.05) is 60.7 Å². The van der Waals surface area contributed by atoms with Crippen LogP contribution in [0.1, 0.15) is 11.5 Å². The average molecular weight is 319 g/mol. The molecule has 24 heavy (non-hydrogen) atoms. The molecule has 5 nitrogen and oxygen atoms in total. The van der Waals surface area contributed by atoms with Gasteiger partial charge < -0.3 is 9.84 Å². The molecule has 1 amide bonds. The van der Waals surface area contributed by atoms with Crippen LogP contribution in [0.3, 0.4) is 0 Å². The van der Waals surface area contributed by atoms with Crippen molar-refractivity contribution < 1.29 is 9.32 Å². The van der Waals surface area contributed by atoms with Crippen molar-refractivity contribution in [2.75, 3.05) is 6.54 Å². The molecule has 3 rings (SSSR count). The Balaban J connectivity index is 1.47.